The van der Waals surface area contributed by atoms with E-state index in [4.69, 9.17) is 4.18 Å². The Hall–Kier alpha value is -2.92. The van der Waals surface area contributed by atoms with Crippen molar-refractivity contribution in [1.82, 2.24) is 0 Å². The van der Waals surface area contributed by atoms with Crippen LogP contribution in [-0.4, -0.2) is 14.2 Å². The van der Waals surface area contributed by atoms with Crippen LogP contribution in [0.15, 0.2) is 77.7 Å². The molecule has 0 unspecified atom stereocenters. The molecule has 0 aliphatic heterocycles. The number of hydrogen-bond acceptors (Lipinski definition) is 4. The highest BCUT2D eigenvalue weighted by Crippen LogP contribution is 2.29. The third kappa shape index (κ3) is 3.83. The van der Waals surface area contributed by atoms with Crippen molar-refractivity contribution in [3.8, 4) is 16.9 Å². The topological polar surface area (TPSA) is 60.4 Å². The van der Waals surface area contributed by atoms with Crippen LogP contribution in [0.25, 0.3) is 11.1 Å². The summed E-state index contributed by atoms with van der Waals surface area (Å²) in [5.74, 6) is -0.241. The van der Waals surface area contributed by atoms with Gasteiger partial charge in [0, 0.05) is 0 Å². The molecule has 0 atom stereocenters. The van der Waals surface area contributed by atoms with Crippen LogP contribution in [0, 0.1) is 6.92 Å². The van der Waals surface area contributed by atoms with Crippen LogP contribution in [0.5, 0.6) is 5.75 Å². The molecule has 0 radical (unpaired) electrons. The summed E-state index contributed by atoms with van der Waals surface area (Å²) in [6, 6.07) is 20.8. The Labute approximate surface area is 153 Å². The highest BCUT2D eigenvalue weighted by atomic mass is 32.2. The molecular formula is C21H18O4S. The van der Waals surface area contributed by atoms with Crippen LogP contribution in [0.4, 0.5) is 0 Å². The third-order valence-corrected chi connectivity index (χ3v) is 5.22. The maximum Gasteiger partial charge on any atom is 0.339 e. The molecule has 4 nitrogen and oxygen atoms in total. The molecule has 132 valence electrons. The van der Waals surface area contributed by atoms with Crippen LogP contribution >= 0.6 is 0 Å². The summed E-state index contributed by atoms with van der Waals surface area (Å²) in [7, 11) is -4.02. The number of carbonyl (C=O) groups excluding carboxylic acids is 1. The summed E-state index contributed by atoms with van der Waals surface area (Å²) in [6.07, 6.45) is 0. The molecule has 26 heavy (non-hydrogen) atoms. The zero-order valence-electron chi connectivity index (χ0n) is 14.5. The molecule has 0 saturated heterocycles. The maximum absolute atomic E-state index is 12.5. The Morgan fingerprint density at radius 1 is 0.846 bits per heavy atom. The Bertz CT molecular complexity index is 1040. The van der Waals surface area contributed by atoms with Gasteiger partial charge >= 0.3 is 10.1 Å². The van der Waals surface area contributed by atoms with Gasteiger partial charge in [0.25, 0.3) is 0 Å². The predicted molar refractivity (Wildman–Crippen MR) is 101 cm³/mol. The van der Waals surface area contributed by atoms with E-state index in [1.54, 1.807) is 24.3 Å². The van der Waals surface area contributed by atoms with Gasteiger partial charge in [-0.3, -0.25) is 4.79 Å². The van der Waals surface area contributed by atoms with Crippen molar-refractivity contribution in [3.63, 3.8) is 0 Å². The van der Waals surface area contributed by atoms with Crippen LogP contribution in [-0.2, 0) is 10.1 Å². The van der Waals surface area contributed by atoms with Crippen molar-refractivity contribution in [2.75, 3.05) is 0 Å². The SMILES string of the molecule is CC(=O)c1cc(-c2ccccc2)ccc1OS(=O)(=O)c1ccc(C)cc1. The lowest BCUT2D eigenvalue weighted by atomic mass is 10.0. The summed E-state index contributed by atoms with van der Waals surface area (Å²) >= 11 is 0. The normalized spacial score (nSPS) is 11.2. The standard InChI is InChI=1S/C21H18O4S/c1-15-8-11-19(12-9-15)26(23,24)25-21-13-10-18(14-20(21)16(2)22)17-6-4-3-5-7-17/h3-14H,1-2H3. The minimum Gasteiger partial charge on any atom is -0.378 e. The Morgan fingerprint density at radius 3 is 2.12 bits per heavy atom. The molecule has 3 aromatic carbocycles. The molecular weight excluding hydrogens is 348 g/mol. The summed E-state index contributed by atoms with van der Waals surface area (Å²) in [4.78, 5) is 12.1. The lowest BCUT2D eigenvalue weighted by Gasteiger charge is -2.12. The highest BCUT2D eigenvalue weighted by molar-refractivity contribution is 7.87. The van der Waals surface area contributed by atoms with E-state index >= 15 is 0 Å². The average molecular weight is 366 g/mol. The fraction of sp³-hybridized carbons (Fsp3) is 0.0952. The minimum atomic E-state index is -4.02. The molecule has 0 aliphatic rings. The first-order valence-electron chi connectivity index (χ1n) is 8.08. The zero-order chi connectivity index (χ0) is 18.7. The second-order valence-corrected chi connectivity index (χ2v) is 7.53. The Kier molecular flexibility index (Phi) is 4.91. The van der Waals surface area contributed by atoms with Gasteiger partial charge in [0.2, 0.25) is 0 Å². The van der Waals surface area contributed by atoms with E-state index in [9.17, 15) is 13.2 Å². The average Bonchev–Trinajstić information content (AvgIpc) is 2.62. The van der Waals surface area contributed by atoms with Crippen molar-refractivity contribution in [3.05, 3.63) is 83.9 Å². The fourth-order valence-electron chi connectivity index (χ4n) is 2.56. The van der Waals surface area contributed by atoms with E-state index in [-0.39, 0.29) is 22.0 Å². The molecule has 0 aromatic heterocycles. The van der Waals surface area contributed by atoms with Gasteiger partial charge in [0.15, 0.2) is 11.5 Å². The largest absolute Gasteiger partial charge is 0.378 e. The van der Waals surface area contributed by atoms with Crippen molar-refractivity contribution >= 4 is 15.9 Å². The van der Waals surface area contributed by atoms with Crippen molar-refractivity contribution in [2.24, 2.45) is 0 Å². The number of carbonyl (C=O) groups is 1. The van der Waals surface area contributed by atoms with E-state index in [2.05, 4.69) is 0 Å². The Balaban J connectivity index is 2.00. The number of aryl methyl sites for hydroxylation is 1. The summed E-state index contributed by atoms with van der Waals surface area (Å²) in [5.41, 5.74) is 2.92. The van der Waals surface area contributed by atoms with Gasteiger partial charge in [-0.25, -0.2) is 0 Å². The number of rotatable bonds is 5. The first-order chi connectivity index (χ1) is 12.4. The molecule has 0 amide bonds. The molecule has 0 spiro atoms. The maximum atomic E-state index is 12.5. The molecule has 0 aliphatic carbocycles. The number of hydrogen-bond donors (Lipinski definition) is 0. The van der Waals surface area contributed by atoms with E-state index in [0.29, 0.717) is 0 Å². The van der Waals surface area contributed by atoms with Gasteiger partial charge < -0.3 is 4.18 Å². The van der Waals surface area contributed by atoms with E-state index in [0.717, 1.165) is 16.7 Å². The number of Topliss-reactive ketones (excluding diaryl/α,β-unsaturated/α-hetero) is 1. The summed E-state index contributed by atoms with van der Waals surface area (Å²) in [5, 5.41) is 0. The lowest BCUT2D eigenvalue weighted by Crippen LogP contribution is -2.12. The second kappa shape index (κ2) is 7.14. The van der Waals surface area contributed by atoms with Crippen molar-refractivity contribution in [2.45, 2.75) is 18.7 Å². The van der Waals surface area contributed by atoms with E-state index in [1.807, 2.05) is 37.3 Å². The zero-order valence-corrected chi connectivity index (χ0v) is 15.3. The van der Waals surface area contributed by atoms with Crippen LogP contribution < -0.4 is 4.18 Å². The van der Waals surface area contributed by atoms with Gasteiger partial charge in [0.05, 0.1) is 5.56 Å². The molecule has 3 rings (SSSR count). The molecule has 0 N–H and O–H groups in total. The molecule has 5 heteroatoms. The van der Waals surface area contributed by atoms with Gasteiger partial charge in [-0.05, 0) is 49.2 Å². The smallest absolute Gasteiger partial charge is 0.339 e. The lowest BCUT2D eigenvalue weighted by molar-refractivity contribution is 0.101. The van der Waals surface area contributed by atoms with Gasteiger partial charge in [-0.15, -0.1) is 0 Å². The molecule has 0 heterocycles. The molecule has 0 saturated carbocycles. The highest BCUT2D eigenvalue weighted by Gasteiger charge is 2.20. The molecule has 0 fully saturated rings. The number of benzene rings is 3. The van der Waals surface area contributed by atoms with Gasteiger partial charge in [-0.2, -0.15) is 8.42 Å². The summed E-state index contributed by atoms with van der Waals surface area (Å²) < 4.78 is 30.3. The van der Waals surface area contributed by atoms with Crippen molar-refractivity contribution < 1.29 is 17.4 Å². The monoisotopic (exact) mass is 366 g/mol. The van der Waals surface area contributed by atoms with Crippen LogP contribution in [0.2, 0.25) is 0 Å². The van der Waals surface area contributed by atoms with Crippen LogP contribution in [0.3, 0.4) is 0 Å². The second-order valence-electron chi connectivity index (χ2n) is 5.98. The fourth-order valence-corrected chi connectivity index (χ4v) is 3.51. The minimum absolute atomic E-state index is 0.0257. The first-order valence-corrected chi connectivity index (χ1v) is 9.49. The molecule has 3 aromatic rings. The Morgan fingerprint density at radius 2 is 1.50 bits per heavy atom. The van der Waals surface area contributed by atoms with Gasteiger partial charge in [0.1, 0.15) is 4.90 Å². The van der Waals surface area contributed by atoms with Crippen molar-refractivity contribution in [1.29, 1.82) is 0 Å². The first kappa shape index (κ1) is 17.9. The quantitative estimate of drug-likeness (QED) is 0.488. The number of ketones is 1. The van der Waals surface area contributed by atoms with Crippen LogP contribution in [0.1, 0.15) is 22.8 Å². The predicted octanol–water partition coefficient (Wildman–Crippen LogP) is 4.63. The summed E-state index contributed by atoms with van der Waals surface area (Å²) in [6.45, 7) is 3.25. The molecule has 0 bridgehead atoms. The van der Waals surface area contributed by atoms with E-state index in [1.165, 1.54) is 25.1 Å². The van der Waals surface area contributed by atoms with E-state index < -0.39 is 10.1 Å². The van der Waals surface area contributed by atoms with Gasteiger partial charge in [-0.1, -0.05) is 54.1 Å². The third-order valence-electron chi connectivity index (χ3n) is 3.98.